The quantitative estimate of drug-likeness (QED) is 0.326. The van der Waals surface area contributed by atoms with Gasteiger partial charge in [0.05, 0.1) is 12.3 Å². The van der Waals surface area contributed by atoms with Gasteiger partial charge in [-0.25, -0.2) is 0 Å². The summed E-state index contributed by atoms with van der Waals surface area (Å²) in [5, 5.41) is 3.59. The number of carbonyl (C=O) groups excluding carboxylic acids is 1. The minimum atomic E-state index is 0.267. The van der Waals surface area contributed by atoms with Gasteiger partial charge in [0.2, 0.25) is 5.91 Å². The van der Waals surface area contributed by atoms with Crippen molar-refractivity contribution in [2.24, 2.45) is 0 Å². The first-order valence-electron chi connectivity index (χ1n) is 14.9. The zero-order valence-corrected chi connectivity index (χ0v) is 24.1. The summed E-state index contributed by atoms with van der Waals surface area (Å²) in [7, 11) is 0. The molecule has 2 aliphatic heterocycles. The molecule has 0 saturated carbocycles. The zero-order valence-electron chi connectivity index (χ0n) is 24.1. The average molecular weight is 558 g/mol. The molecule has 2 heterocycles. The fraction of sp³-hybridized carbons (Fsp3) is 0.424. The number of ether oxygens (including phenoxy) is 2. The molecule has 3 N–H and O–H groups in total. The second-order valence-corrected chi connectivity index (χ2v) is 10.8. The first-order chi connectivity index (χ1) is 20.1. The van der Waals surface area contributed by atoms with Gasteiger partial charge in [0.25, 0.3) is 0 Å². The molecule has 41 heavy (non-hydrogen) atoms. The van der Waals surface area contributed by atoms with E-state index in [1.165, 1.54) is 11.3 Å². The second-order valence-electron chi connectivity index (χ2n) is 10.8. The fourth-order valence-corrected chi connectivity index (χ4v) is 5.55. The first kappa shape index (κ1) is 28.6. The Morgan fingerprint density at radius 2 is 1.63 bits per heavy atom. The zero-order chi connectivity index (χ0) is 28.4. The van der Waals surface area contributed by atoms with Gasteiger partial charge >= 0.3 is 0 Å². The van der Waals surface area contributed by atoms with Crippen molar-refractivity contribution in [1.82, 2.24) is 9.80 Å². The van der Waals surface area contributed by atoms with E-state index in [1.807, 2.05) is 48.2 Å². The van der Waals surface area contributed by atoms with Crippen molar-refractivity contribution in [2.75, 3.05) is 68.4 Å². The molecule has 0 aliphatic carbocycles. The van der Waals surface area contributed by atoms with E-state index in [9.17, 15) is 4.79 Å². The molecule has 0 bridgehead atoms. The SMILES string of the molecule is CCOc1cc(NC2CCN(C(=O)CCN3CCN(c4ccc(OCc5ccccc5)cc4)CC3)CC2)ccc1N. The predicted octanol–water partition coefficient (Wildman–Crippen LogP) is 4.86. The van der Waals surface area contributed by atoms with Crippen LogP contribution in [0.2, 0.25) is 0 Å². The van der Waals surface area contributed by atoms with Gasteiger partial charge in [-0.2, -0.15) is 0 Å². The van der Waals surface area contributed by atoms with Crippen molar-refractivity contribution < 1.29 is 14.3 Å². The summed E-state index contributed by atoms with van der Waals surface area (Å²) in [6.45, 7) is 9.39. The lowest BCUT2D eigenvalue weighted by molar-refractivity contribution is -0.132. The van der Waals surface area contributed by atoms with Gasteiger partial charge in [0, 0.05) is 75.7 Å². The summed E-state index contributed by atoms with van der Waals surface area (Å²) >= 11 is 0. The molecular formula is C33H43N5O3. The molecular weight excluding hydrogens is 514 g/mol. The summed E-state index contributed by atoms with van der Waals surface area (Å²) < 4.78 is 11.5. The van der Waals surface area contributed by atoms with E-state index in [1.54, 1.807) is 0 Å². The number of nitrogens with one attached hydrogen (secondary N) is 1. The van der Waals surface area contributed by atoms with Gasteiger partial charge in [-0.15, -0.1) is 0 Å². The molecule has 2 saturated heterocycles. The molecule has 0 aromatic heterocycles. The summed E-state index contributed by atoms with van der Waals surface area (Å²) in [5.74, 6) is 1.87. The van der Waals surface area contributed by atoms with Crippen LogP contribution in [0.3, 0.4) is 0 Å². The Hall–Kier alpha value is -3.91. The molecule has 0 unspecified atom stereocenters. The third-order valence-electron chi connectivity index (χ3n) is 8.00. The molecule has 218 valence electrons. The Morgan fingerprint density at radius 1 is 0.902 bits per heavy atom. The Kier molecular flexibility index (Phi) is 9.86. The van der Waals surface area contributed by atoms with Crippen LogP contribution in [0.4, 0.5) is 17.1 Å². The maximum atomic E-state index is 12.9. The Labute approximate surface area is 244 Å². The molecule has 3 aromatic carbocycles. The number of carbonyl (C=O) groups is 1. The van der Waals surface area contributed by atoms with Gasteiger partial charge in [-0.05, 0) is 61.7 Å². The van der Waals surface area contributed by atoms with Gasteiger partial charge < -0.3 is 30.3 Å². The summed E-state index contributed by atoms with van der Waals surface area (Å²) in [6, 6.07) is 24.8. The van der Waals surface area contributed by atoms with Crippen LogP contribution in [0.5, 0.6) is 11.5 Å². The number of rotatable bonds is 11. The largest absolute Gasteiger partial charge is 0.492 e. The number of anilines is 3. The van der Waals surface area contributed by atoms with Crippen molar-refractivity contribution >= 4 is 23.0 Å². The fourth-order valence-electron chi connectivity index (χ4n) is 5.55. The highest BCUT2D eigenvalue weighted by molar-refractivity contribution is 5.76. The molecule has 0 atom stereocenters. The molecule has 8 heteroatoms. The standard InChI is InChI=1S/C33H43N5O3/c1-2-40-32-24-28(8-13-31(32)34)35-27-14-18-38(19-15-27)33(39)16-17-36-20-22-37(23-21-36)29-9-11-30(12-10-29)41-25-26-6-4-3-5-7-26/h3-13,24,27,35H,2,14-23,25,34H2,1H3. The molecule has 3 aromatic rings. The lowest BCUT2D eigenvalue weighted by Crippen LogP contribution is -2.48. The number of benzene rings is 3. The lowest BCUT2D eigenvalue weighted by atomic mass is 10.0. The van der Waals surface area contributed by atoms with Crippen LogP contribution < -0.4 is 25.4 Å². The van der Waals surface area contributed by atoms with E-state index in [2.05, 4.69) is 51.5 Å². The third-order valence-corrected chi connectivity index (χ3v) is 8.00. The second kappa shape index (κ2) is 14.1. The van der Waals surface area contributed by atoms with E-state index in [4.69, 9.17) is 15.2 Å². The number of likely N-dealkylation sites (tertiary alicyclic amines) is 1. The number of piperazine rings is 1. The van der Waals surface area contributed by atoms with Gasteiger partial charge in [0.1, 0.15) is 18.1 Å². The predicted molar refractivity (Wildman–Crippen MR) is 166 cm³/mol. The lowest BCUT2D eigenvalue weighted by Gasteiger charge is -2.37. The molecule has 2 aliphatic rings. The number of hydrogen-bond acceptors (Lipinski definition) is 7. The highest BCUT2D eigenvalue weighted by Crippen LogP contribution is 2.27. The molecule has 1 amide bonds. The number of piperidine rings is 1. The van der Waals surface area contributed by atoms with Crippen LogP contribution >= 0.6 is 0 Å². The van der Waals surface area contributed by atoms with Crippen LogP contribution in [0.15, 0.2) is 72.8 Å². The Balaban J connectivity index is 0.988. The van der Waals surface area contributed by atoms with E-state index < -0.39 is 0 Å². The summed E-state index contributed by atoms with van der Waals surface area (Å²) in [4.78, 5) is 19.8. The molecule has 5 rings (SSSR count). The van der Waals surface area contributed by atoms with Crippen LogP contribution in [0, 0.1) is 0 Å². The Bertz CT molecular complexity index is 1240. The van der Waals surface area contributed by atoms with Gasteiger partial charge in [-0.1, -0.05) is 30.3 Å². The Morgan fingerprint density at radius 3 is 2.34 bits per heavy atom. The van der Waals surface area contributed by atoms with Gasteiger partial charge in [0.15, 0.2) is 0 Å². The van der Waals surface area contributed by atoms with E-state index >= 15 is 0 Å². The summed E-state index contributed by atoms with van der Waals surface area (Å²) in [5.41, 5.74) is 10.0. The van der Waals surface area contributed by atoms with Crippen LogP contribution in [-0.2, 0) is 11.4 Å². The number of hydrogen-bond donors (Lipinski definition) is 2. The highest BCUT2D eigenvalue weighted by atomic mass is 16.5. The number of nitrogen functional groups attached to an aromatic ring is 1. The molecule has 2 fully saturated rings. The minimum Gasteiger partial charge on any atom is -0.492 e. The van der Waals surface area contributed by atoms with Crippen molar-refractivity contribution in [3.63, 3.8) is 0 Å². The number of nitrogens with zero attached hydrogens (tertiary/aromatic N) is 3. The van der Waals surface area contributed by atoms with E-state index in [0.29, 0.717) is 37.1 Å². The third kappa shape index (κ3) is 8.07. The molecule has 0 radical (unpaired) electrons. The summed E-state index contributed by atoms with van der Waals surface area (Å²) in [6.07, 6.45) is 2.46. The average Bonchev–Trinajstić information content (AvgIpc) is 3.02. The van der Waals surface area contributed by atoms with Gasteiger partial charge in [-0.3, -0.25) is 9.69 Å². The number of amides is 1. The maximum Gasteiger partial charge on any atom is 0.223 e. The smallest absolute Gasteiger partial charge is 0.223 e. The highest BCUT2D eigenvalue weighted by Gasteiger charge is 2.24. The van der Waals surface area contributed by atoms with Crippen molar-refractivity contribution in [1.29, 1.82) is 0 Å². The van der Waals surface area contributed by atoms with E-state index in [-0.39, 0.29) is 5.91 Å². The van der Waals surface area contributed by atoms with E-state index in [0.717, 1.165) is 70.1 Å². The van der Waals surface area contributed by atoms with Crippen LogP contribution in [0.1, 0.15) is 31.7 Å². The maximum absolute atomic E-state index is 12.9. The molecule has 8 nitrogen and oxygen atoms in total. The minimum absolute atomic E-state index is 0.267. The number of nitrogens with two attached hydrogens (primary N) is 1. The van der Waals surface area contributed by atoms with Crippen LogP contribution in [-0.4, -0.2) is 74.2 Å². The van der Waals surface area contributed by atoms with Crippen molar-refractivity contribution in [3.8, 4) is 11.5 Å². The monoisotopic (exact) mass is 557 g/mol. The topological polar surface area (TPSA) is 83.3 Å². The normalized spacial score (nSPS) is 16.4. The van der Waals surface area contributed by atoms with Crippen LogP contribution in [0.25, 0.3) is 0 Å². The van der Waals surface area contributed by atoms with Crippen molar-refractivity contribution in [2.45, 2.75) is 38.8 Å². The van der Waals surface area contributed by atoms with Crippen molar-refractivity contribution in [3.05, 3.63) is 78.4 Å². The first-order valence-corrected chi connectivity index (χ1v) is 14.9. The molecule has 0 spiro atoms.